The molecule has 3 aromatic carbocycles. The second-order valence-corrected chi connectivity index (χ2v) is 12.1. The second-order valence-electron chi connectivity index (χ2n) is 10.2. The molecule has 190 valence electrons. The topological polar surface area (TPSA) is 75.7 Å². The molecule has 1 saturated heterocycles. The number of piperidine rings is 1. The van der Waals surface area contributed by atoms with Crippen LogP contribution in [0.15, 0.2) is 83.8 Å². The summed E-state index contributed by atoms with van der Waals surface area (Å²) in [6, 6.07) is 24.0. The Kier molecular flexibility index (Phi) is 7.81. The Morgan fingerprint density at radius 1 is 0.917 bits per heavy atom. The van der Waals surface area contributed by atoms with Gasteiger partial charge in [-0.3, -0.25) is 4.79 Å². The van der Waals surface area contributed by atoms with E-state index in [0.29, 0.717) is 48.7 Å². The minimum atomic E-state index is -3.57. The van der Waals surface area contributed by atoms with E-state index in [9.17, 15) is 13.2 Å². The van der Waals surface area contributed by atoms with Gasteiger partial charge >= 0.3 is 0 Å². The molecular formula is C29H34N2O4S. The van der Waals surface area contributed by atoms with Crippen LogP contribution in [-0.4, -0.2) is 37.8 Å². The molecule has 0 atom stereocenters. The van der Waals surface area contributed by atoms with Gasteiger partial charge in [-0.05, 0) is 53.6 Å². The Bertz CT molecular complexity index is 1270. The van der Waals surface area contributed by atoms with Crippen LogP contribution in [0.5, 0.6) is 5.75 Å². The van der Waals surface area contributed by atoms with Crippen molar-refractivity contribution < 1.29 is 17.9 Å². The number of nitrogens with zero attached hydrogens (tertiary/aromatic N) is 1. The first kappa shape index (κ1) is 25.9. The second kappa shape index (κ2) is 10.8. The molecule has 1 N–H and O–H groups in total. The number of amides is 1. The summed E-state index contributed by atoms with van der Waals surface area (Å²) in [6.07, 6.45) is 1.11. The first-order valence-electron chi connectivity index (χ1n) is 12.3. The normalized spacial score (nSPS) is 15.4. The Labute approximate surface area is 214 Å². The molecule has 0 bridgehead atoms. The number of carbonyl (C=O) groups excluding carboxylic acids is 1. The van der Waals surface area contributed by atoms with E-state index >= 15 is 0 Å². The van der Waals surface area contributed by atoms with E-state index < -0.39 is 10.0 Å². The van der Waals surface area contributed by atoms with Gasteiger partial charge in [0.05, 0.1) is 10.5 Å². The fourth-order valence-corrected chi connectivity index (χ4v) is 5.76. The average molecular weight is 507 g/mol. The number of hydrogen-bond donors (Lipinski definition) is 1. The highest BCUT2D eigenvalue weighted by atomic mass is 32.2. The zero-order valence-corrected chi connectivity index (χ0v) is 21.9. The highest BCUT2D eigenvalue weighted by molar-refractivity contribution is 7.89. The number of sulfonamides is 1. The molecule has 0 spiro atoms. The monoisotopic (exact) mass is 506 g/mol. The molecule has 4 rings (SSSR count). The van der Waals surface area contributed by atoms with Gasteiger partial charge in [-0.25, -0.2) is 8.42 Å². The minimum absolute atomic E-state index is 0.0376. The number of carbonyl (C=O) groups is 1. The number of benzene rings is 3. The van der Waals surface area contributed by atoms with E-state index in [1.54, 1.807) is 24.3 Å². The molecule has 0 saturated carbocycles. The molecule has 1 amide bonds. The molecular weight excluding hydrogens is 472 g/mol. The summed E-state index contributed by atoms with van der Waals surface area (Å²) in [5.74, 6) is 0.315. The number of ether oxygens (including phenoxy) is 1. The van der Waals surface area contributed by atoms with Crippen molar-refractivity contribution in [2.24, 2.45) is 0 Å². The summed E-state index contributed by atoms with van der Waals surface area (Å²) in [5.41, 5.74) is 2.55. The summed E-state index contributed by atoms with van der Waals surface area (Å²) in [7, 11) is -3.57. The first-order valence-corrected chi connectivity index (χ1v) is 13.8. The SMILES string of the molecule is CC(C)(C)c1ccc(S(=O)(=O)N2CCC(NC(=O)c3ccccc3OCc3ccccc3)CC2)cc1. The lowest BCUT2D eigenvalue weighted by molar-refractivity contribution is 0.0919. The maximum atomic E-state index is 13.2. The predicted octanol–water partition coefficient (Wildman–Crippen LogP) is 5.15. The van der Waals surface area contributed by atoms with E-state index in [2.05, 4.69) is 26.1 Å². The number of hydrogen-bond acceptors (Lipinski definition) is 4. The fraction of sp³-hybridized carbons (Fsp3) is 0.345. The quantitative estimate of drug-likeness (QED) is 0.481. The minimum Gasteiger partial charge on any atom is -0.488 e. The summed E-state index contributed by atoms with van der Waals surface area (Å²) < 4.78 is 33.7. The number of nitrogens with one attached hydrogen (secondary N) is 1. The highest BCUT2D eigenvalue weighted by Gasteiger charge is 2.30. The van der Waals surface area contributed by atoms with Crippen LogP contribution in [0.4, 0.5) is 0 Å². The number of rotatable bonds is 7. The van der Waals surface area contributed by atoms with Crippen molar-refractivity contribution in [1.82, 2.24) is 9.62 Å². The van der Waals surface area contributed by atoms with Crippen LogP contribution in [0.25, 0.3) is 0 Å². The molecule has 0 radical (unpaired) electrons. The van der Waals surface area contributed by atoms with Crippen LogP contribution in [0.3, 0.4) is 0 Å². The molecule has 1 aliphatic rings. The third kappa shape index (κ3) is 6.15. The predicted molar refractivity (Wildman–Crippen MR) is 142 cm³/mol. The van der Waals surface area contributed by atoms with Crippen LogP contribution >= 0.6 is 0 Å². The Balaban J connectivity index is 1.35. The van der Waals surface area contributed by atoms with E-state index in [1.807, 2.05) is 54.6 Å². The van der Waals surface area contributed by atoms with Crippen LogP contribution < -0.4 is 10.1 Å². The number of para-hydroxylation sites is 1. The van der Waals surface area contributed by atoms with Gasteiger partial charge in [0.25, 0.3) is 5.91 Å². The molecule has 0 unspecified atom stereocenters. The van der Waals surface area contributed by atoms with Crippen LogP contribution in [0.2, 0.25) is 0 Å². The van der Waals surface area contributed by atoms with Crippen LogP contribution in [0.1, 0.15) is 55.1 Å². The molecule has 36 heavy (non-hydrogen) atoms. The summed E-state index contributed by atoms with van der Waals surface area (Å²) in [4.78, 5) is 13.3. The van der Waals surface area contributed by atoms with Gasteiger partial charge in [0.15, 0.2) is 0 Å². The molecule has 0 aromatic heterocycles. The zero-order valence-electron chi connectivity index (χ0n) is 21.1. The van der Waals surface area contributed by atoms with E-state index in [0.717, 1.165) is 11.1 Å². The Morgan fingerprint density at radius 3 is 2.17 bits per heavy atom. The summed E-state index contributed by atoms with van der Waals surface area (Å²) in [6.45, 7) is 7.40. The smallest absolute Gasteiger partial charge is 0.255 e. The average Bonchev–Trinajstić information content (AvgIpc) is 2.88. The lowest BCUT2D eigenvalue weighted by atomic mass is 9.87. The lowest BCUT2D eigenvalue weighted by Gasteiger charge is -2.32. The van der Waals surface area contributed by atoms with Crippen molar-refractivity contribution in [2.45, 2.75) is 56.6 Å². The van der Waals surface area contributed by atoms with Crippen molar-refractivity contribution in [3.63, 3.8) is 0 Å². The maximum absolute atomic E-state index is 13.2. The van der Waals surface area contributed by atoms with Gasteiger partial charge in [0.1, 0.15) is 12.4 Å². The third-order valence-corrected chi connectivity index (χ3v) is 8.43. The molecule has 1 fully saturated rings. The van der Waals surface area contributed by atoms with Gasteiger partial charge in [-0.2, -0.15) is 4.31 Å². The van der Waals surface area contributed by atoms with Gasteiger partial charge in [0.2, 0.25) is 10.0 Å². The highest BCUT2D eigenvalue weighted by Crippen LogP contribution is 2.26. The Morgan fingerprint density at radius 2 is 1.53 bits per heavy atom. The molecule has 6 nitrogen and oxygen atoms in total. The van der Waals surface area contributed by atoms with Gasteiger partial charge in [-0.1, -0.05) is 75.4 Å². The van der Waals surface area contributed by atoms with Gasteiger partial charge in [0, 0.05) is 19.1 Å². The van der Waals surface area contributed by atoms with Crippen LogP contribution in [0, 0.1) is 0 Å². The van der Waals surface area contributed by atoms with Gasteiger partial charge in [-0.15, -0.1) is 0 Å². The summed E-state index contributed by atoms with van der Waals surface area (Å²) in [5, 5.41) is 3.07. The van der Waals surface area contributed by atoms with E-state index in [4.69, 9.17) is 4.74 Å². The summed E-state index contributed by atoms with van der Waals surface area (Å²) >= 11 is 0. The standard InChI is InChI=1S/C29H34N2O4S/c1-29(2,3)23-13-15-25(16-14-23)36(33,34)31-19-17-24(18-20-31)30-28(32)26-11-7-8-12-27(26)35-21-22-9-5-4-6-10-22/h4-16,24H,17-21H2,1-3H3,(H,30,32). The molecule has 3 aromatic rings. The van der Waals surface area contributed by atoms with Crippen molar-refractivity contribution in [1.29, 1.82) is 0 Å². The van der Waals surface area contributed by atoms with Gasteiger partial charge < -0.3 is 10.1 Å². The lowest BCUT2D eigenvalue weighted by Crippen LogP contribution is -2.46. The molecule has 7 heteroatoms. The zero-order chi connectivity index (χ0) is 25.8. The molecule has 1 heterocycles. The van der Waals surface area contributed by atoms with Crippen molar-refractivity contribution in [3.05, 3.63) is 95.6 Å². The molecule has 0 aliphatic carbocycles. The van der Waals surface area contributed by atoms with E-state index in [1.165, 1.54) is 4.31 Å². The third-order valence-electron chi connectivity index (χ3n) is 6.52. The fourth-order valence-electron chi connectivity index (χ4n) is 4.30. The van der Waals surface area contributed by atoms with Crippen LogP contribution in [-0.2, 0) is 22.0 Å². The van der Waals surface area contributed by atoms with Crippen molar-refractivity contribution in [2.75, 3.05) is 13.1 Å². The maximum Gasteiger partial charge on any atom is 0.255 e. The van der Waals surface area contributed by atoms with E-state index in [-0.39, 0.29) is 17.4 Å². The first-order chi connectivity index (χ1) is 17.1. The van der Waals surface area contributed by atoms with Crippen molar-refractivity contribution >= 4 is 15.9 Å². The largest absolute Gasteiger partial charge is 0.488 e. The Hall–Kier alpha value is -3.16. The molecule has 1 aliphatic heterocycles. The van der Waals surface area contributed by atoms with Crippen molar-refractivity contribution in [3.8, 4) is 5.75 Å².